The highest BCUT2D eigenvalue weighted by atomic mass is 35.5. The van der Waals surface area contributed by atoms with E-state index >= 15 is 8.78 Å². The molecule has 1 saturated heterocycles. The van der Waals surface area contributed by atoms with Gasteiger partial charge in [-0.15, -0.1) is 0 Å². The minimum Gasteiger partial charge on any atom is -0.358 e. The monoisotopic (exact) mass is 501 g/mol. The van der Waals surface area contributed by atoms with Crippen LogP contribution in [0, 0.1) is 0 Å². The van der Waals surface area contributed by atoms with Gasteiger partial charge < -0.3 is 10.2 Å². The van der Waals surface area contributed by atoms with E-state index in [9.17, 15) is 19.2 Å². The molecule has 2 aromatic rings. The Labute approximate surface area is 215 Å². The summed E-state index contributed by atoms with van der Waals surface area (Å²) in [4.78, 5) is 50.3. The molecule has 0 aliphatic carbocycles. The van der Waals surface area contributed by atoms with Crippen molar-refractivity contribution in [1.29, 1.82) is 0 Å². The molecular formula is C22H14B4ClF2N3O4. The van der Waals surface area contributed by atoms with E-state index < -0.39 is 57.4 Å². The summed E-state index contributed by atoms with van der Waals surface area (Å²) in [7, 11) is 23.2. The van der Waals surface area contributed by atoms with Crippen molar-refractivity contribution in [3.05, 3.63) is 57.6 Å². The van der Waals surface area contributed by atoms with Gasteiger partial charge in [-0.3, -0.25) is 24.5 Å². The number of hydrogen-bond donors (Lipinski definition) is 2. The third kappa shape index (κ3) is 4.56. The van der Waals surface area contributed by atoms with Crippen LogP contribution in [0.5, 0.6) is 0 Å². The summed E-state index contributed by atoms with van der Waals surface area (Å²) in [6.07, 6.45) is 0.246. The predicted molar refractivity (Wildman–Crippen MR) is 130 cm³/mol. The molecule has 7 nitrogen and oxygen atoms in total. The number of nitrogens with one attached hydrogen (secondary N) is 2. The molecule has 4 amide bonds. The molecule has 0 bridgehead atoms. The molecule has 0 aromatic heterocycles. The van der Waals surface area contributed by atoms with Crippen LogP contribution in [0.3, 0.4) is 0 Å². The summed E-state index contributed by atoms with van der Waals surface area (Å²) >= 11 is 5.76. The number of piperidine rings is 1. The van der Waals surface area contributed by atoms with E-state index in [-0.39, 0.29) is 35.5 Å². The molecule has 2 aromatic carbocycles. The molecule has 2 N–H and O–H groups in total. The van der Waals surface area contributed by atoms with Gasteiger partial charge >= 0.3 is 5.92 Å². The fourth-order valence-electron chi connectivity index (χ4n) is 4.30. The topological polar surface area (TPSA) is 95.6 Å². The van der Waals surface area contributed by atoms with E-state index in [1.807, 2.05) is 5.32 Å². The molecule has 0 spiro atoms. The maximum absolute atomic E-state index is 15.0. The van der Waals surface area contributed by atoms with Gasteiger partial charge in [-0.2, -0.15) is 8.78 Å². The van der Waals surface area contributed by atoms with Crippen LogP contribution in [0.25, 0.3) is 0 Å². The minimum absolute atomic E-state index is 0.00763. The summed E-state index contributed by atoms with van der Waals surface area (Å²) in [5.41, 5.74) is -1.26. The number of amides is 4. The Balaban J connectivity index is 1.56. The lowest BCUT2D eigenvalue weighted by Crippen LogP contribution is -2.53. The number of nitrogens with zero attached hydrogens (tertiary/aromatic N) is 1. The van der Waals surface area contributed by atoms with Crippen molar-refractivity contribution in [3.63, 3.8) is 0 Å². The first-order chi connectivity index (χ1) is 16.7. The van der Waals surface area contributed by atoms with Crippen LogP contribution in [0.4, 0.5) is 8.78 Å². The van der Waals surface area contributed by atoms with E-state index in [4.69, 9.17) is 43.0 Å². The van der Waals surface area contributed by atoms with E-state index in [2.05, 4.69) is 5.32 Å². The average molecular weight is 501 g/mol. The normalized spacial score (nSPS) is 18.1. The minimum atomic E-state index is -4.21. The van der Waals surface area contributed by atoms with Crippen molar-refractivity contribution in [3.8, 4) is 0 Å². The number of carbonyl (C=O) groups excluding carboxylic acids is 4. The fraction of sp³-hybridized carbons (Fsp3) is 0.273. The Morgan fingerprint density at radius 2 is 1.75 bits per heavy atom. The maximum Gasteiger partial charge on any atom is 0.348 e. The number of fused-ring (bicyclic) bond motifs is 1. The van der Waals surface area contributed by atoms with Crippen LogP contribution < -0.4 is 21.6 Å². The zero-order valence-corrected chi connectivity index (χ0v) is 19.4. The summed E-state index contributed by atoms with van der Waals surface area (Å²) < 4.78 is 30.0. The van der Waals surface area contributed by atoms with Gasteiger partial charge in [-0.25, -0.2) is 0 Å². The molecular weight excluding hydrogens is 487 g/mol. The molecule has 36 heavy (non-hydrogen) atoms. The molecule has 2 aliphatic heterocycles. The largest absolute Gasteiger partial charge is 0.358 e. The Bertz CT molecular complexity index is 1300. The van der Waals surface area contributed by atoms with Crippen LogP contribution >= 0.6 is 11.6 Å². The fourth-order valence-corrected chi connectivity index (χ4v) is 4.53. The van der Waals surface area contributed by atoms with Crippen molar-refractivity contribution < 1.29 is 28.0 Å². The van der Waals surface area contributed by atoms with Crippen molar-refractivity contribution in [2.45, 2.75) is 36.7 Å². The molecule has 8 radical (unpaired) electrons. The smallest absolute Gasteiger partial charge is 0.348 e. The van der Waals surface area contributed by atoms with Gasteiger partial charge in [0.15, 0.2) is 0 Å². The van der Waals surface area contributed by atoms with Gasteiger partial charge in [0.25, 0.3) is 11.8 Å². The molecule has 4 rings (SSSR count). The average Bonchev–Trinajstić information content (AvgIpc) is 3.08. The van der Waals surface area contributed by atoms with Crippen molar-refractivity contribution >= 4 is 77.5 Å². The third-order valence-corrected chi connectivity index (χ3v) is 6.30. The van der Waals surface area contributed by atoms with Crippen molar-refractivity contribution in [1.82, 2.24) is 15.5 Å². The van der Waals surface area contributed by atoms with E-state index in [1.54, 1.807) is 0 Å². The number of carbonyl (C=O) groups is 4. The summed E-state index contributed by atoms with van der Waals surface area (Å²) in [5, 5.41) is 1.81. The lowest BCUT2D eigenvalue weighted by molar-refractivity contribution is -0.147. The number of hydrogen-bond acceptors (Lipinski definition) is 4. The van der Waals surface area contributed by atoms with E-state index in [0.717, 1.165) is 12.1 Å². The lowest BCUT2D eigenvalue weighted by atomic mass is 9.57. The second-order valence-electron chi connectivity index (χ2n) is 8.63. The number of benzene rings is 2. The summed E-state index contributed by atoms with van der Waals surface area (Å²) in [6, 6.07) is 5.25. The zero-order chi connectivity index (χ0) is 26.6. The van der Waals surface area contributed by atoms with Gasteiger partial charge in [-0.1, -0.05) is 46.8 Å². The molecule has 1 unspecified atom stereocenters. The summed E-state index contributed by atoms with van der Waals surface area (Å²) in [5.74, 6) is -7.54. The molecule has 2 heterocycles. The van der Waals surface area contributed by atoms with Gasteiger partial charge in [0, 0.05) is 29.1 Å². The quantitative estimate of drug-likeness (QED) is 0.408. The van der Waals surface area contributed by atoms with Crippen LogP contribution in [0.15, 0.2) is 30.3 Å². The first kappa shape index (κ1) is 26.0. The highest BCUT2D eigenvalue weighted by Gasteiger charge is 2.45. The lowest BCUT2D eigenvalue weighted by Gasteiger charge is -2.32. The Morgan fingerprint density at radius 1 is 1.11 bits per heavy atom. The zero-order valence-electron chi connectivity index (χ0n) is 18.6. The number of rotatable bonds is 5. The van der Waals surface area contributed by atoms with Gasteiger partial charge in [0.2, 0.25) is 11.8 Å². The second kappa shape index (κ2) is 9.10. The number of imide groups is 1. The maximum atomic E-state index is 15.0. The Kier molecular flexibility index (Phi) is 6.58. The number of halogens is 3. The molecule has 174 valence electrons. The molecule has 14 heteroatoms. The van der Waals surface area contributed by atoms with Gasteiger partial charge in [0.1, 0.15) is 21.7 Å². The molecule has 1 atom stereocenters. The first-order valence-electron chi connectivity index (χ1n) is 10.6. The first-order valence-corrected chi connectivity index (χ1v) is 11.0. The van der Waals surface area contributed by atoms with Gasteiger partial charge in [0.05, 0.1) is 15.7 Å². The van der Waals surface area contributed by atoms with Gasteiger partial charge in [-0.05, 0) is 29.0 Å². The SMILES string of the molecule is [B]c1cc(Cl)cc([B])c1C(F)(F)C(=O)NC([B])([B])c1ccc2c(c1)CN(C1CCC(=O)NC1=O)C2=O. The Hall–Kier alpha value is -3.07. The highest BCUT2D eigenvalue weighted by Crippen LogP contribution is 2.31. The van der Waals surface area contributed by atoms with E-state index in [1.165, 1.54) is 23.1 Å². The molecule has 2 aliphatic rings. The van der Waals surface area contributed by atoms with Crippen molar-refractivity contribution in [2.75, 3.05) is 0 Å². The van der Waals surface area contributed by atoms with Crippen LogP contribution in [0.2, 0.25) is 5.02 Å². The number of alkyl halides is 2. The van der Waals surface area contributed by atoms with Crippen LogP contribution in [0.1, 0.15) is 39.9 Å². The molecule has 1 fully saturated rings. The summed E-state index contributed by atoms with van der Waals surface area (Å²) in [6.45, 7) is -0.00763. The Morgan fingerprint density at radius 3 is 2.36 bits per heavy atom. The van der Waals surface area contributed by atoms with Crippen LogP contribution in [-0.2, 0) is 32.2 Å². The standard InChI is InChI=1S/C22H14B4ClF2N3O4/c23-13-6-11(27)7-14(24)17(13)21(28,29)20(36)31-22(25,26)10-1-2-12-9(5-10)8-32(19(12)35)15-3-4-16(33)30-18(15)34/h1-2,5-7,15H,3-4,8H2,(H,31,36)(H,30,33,34). The predicted octanol–water partition coefficient (Wildman–Crippen LogP) is -0.956. The van der Waals surface area contributed by atoms with Crippen LogP contribution in [-0.4, -0.2) is 66.0 Å². The highest BCUT2D eigenvalue weighted by molar-refractivity contribution is 6.44. The molecule has 0 saturated carbocycles. The third-order valence-electron chi connectivity index (χ3n) is 6.08. The second-order valence-corrected chi connectivity index (χ2v) is 9.07. The van der Waals surface area contributed by atoms with E-state index in [0.29, 0.717) is 5.56 Å². The van der Waals surface area contributed by atoms with Crippen molar-refractivity contribution in [2.24, 2.45) is 0 Å².